The normalized spacial score (nSPS) is 43.1. The Kier molecular flexibility index (Phi) is 3.82. The van der Waals surface area contributed by atoms with Gasteiger partial charge in [-0.25, -0.2) is 0 Å². The number of hydrogen-bond donors (Lipinski definition) is 4. The van der Waals surface area contributed by atoms with Crippen LogP contribution in [0.2, 0.25) is 0 Å². The molecule has 0 aromatic heterocycles. The Labute approximate surface area is 81.7 Å². The molecule has 1 rings (SSSR count). The Morgan fingerprint density at radius 1 is 1.43 bits per heavy atom. The standard InChI is InChI=1S/C8H16O6/c1-2-13-4-8(12)7(11)6(10)5(3-9)14-8/h5-7,9-12H,2-4H2,1H3/t5-,6-,7+,8+/m1/s1. The van der Waals surface area contributed by atoms with Crippen LogP contribution in [0.4, 0.5) is 0 Å². The molecule has 0 radical (unpaired) electrons. The topological polar surface area (TPSA) is 99.4 Å². The Morgan fingerprint density at radius 3 is 2.50 bits per heavy atom. The molecule has 4 atom stereocenters. The van der Waals surface area contributed by atoms with E-state index in [1.165, 1.54) is 0 Å². The monoisotopic (exact) mass is 208 g/mol. The smallest absolute Gasteiger partial charge is 0.219 e. The largest absolute Gasteiger partial charge is 0.394 e. The minimum atomic E-state index is -1.93. The van der Waals surface area contributed by atoms with Crippen LogP contribution in [0.1, 0.15) is 6.92 Å². The van der Waals surface area contributed by atoms with E-state index < -0.39 is 30.7 Å². The lowest BCUT2D eigenvalue weighted by Crippen LogP contribution is -2.46. The van der Waals surface area contributed by atoms with E-state index in [0.29, 0.717) is 6.61 Å². The zero-order valence-corrected chi connectivity index (χ0v) is 7.96. The van der Waals surface area contributed by atoms with E-state index in [2.05, 4.69) is 0 Å². The van der Waals surface area contributed by atoms with Crippen LogP contribution in [0.15, 0.2) is 0 Å². The molecule has 1 aliphatic heterocycles. The van der Waals surface area contributed by atoms with Crippen molar-refractivity contribution in [1.82, 2.24) is 0 Å². The van der Waals surface area contributed by atoms with Gasteiger partial charge in [0.1, 0.15) is 24.9 Å². The summed E-state index contributed by atoms with van der Waals surface area (Å²) in [7, 11) is 0. The van der Waals surface area contributed by atoms with Gasteiger partial charge in [0.2, 0.25) is 5.79 Å². The van der Waals surface area contributed by atoms with E-state index in [9.17, 15) is 15.3 Å². The Hall–Kier alpha value is -0.240. The Morgan fingerprint density at radius 2 is 2.07 bits per heavy atom. The predicted octanol–water partition coefficient (Wildman–Crippen LogP) is -2.18. The third-order valence-electron chi connectivity index (χ3n) is 2.21. The molecule has 0 saturated carbocycles. The summed E-state index contributed by atoms with van der Waals surface area (Å²) in [6, 6.07) is 0. The molecule has 1 heterocycles. The van der Waals surface area contributed by atoms with Crippen molar-refractivity contribution < 1.29 is 29.9 Å². The van der Waals surface area contributed by atoms with Crippen molar-refractivity contribution in [3.63, 3.8) is 0 Å². The van der Waals surface area contributed by atoms with Gasteiger partial charge in [0.25, 0.3) is 0 Å². The van der Waals surface area contributed by atoms with E-state index in [4.69, 9.17) is 14.6 Å². The van der Waals surface area contributed by atoms with Crippen LogP contribution in [0.5, 0.6) is 0 Å². The third kappa shape index (κ3) is 2.05. The average molecular weight is 208 g/mol. The second-order valence-corrected chi connectivity index (χ2v) is 3.26. The average Bonchev–Trinajstić information content (AvgIpc) is 2.40. The summed E-state index contributed by atoms with van der Waals surface area (Å²) < 4.78 is 9.81. The maximum Gasteiger partial charge on any atom is 0.219 e. The Balaban J connectivity index is 2.61. The fourth-order valence-corrected chi connectivity index (χ4v) is 1.38. The van der Waals surface area contributed by atoms with Gasteiger partial charge in [0.15, 0.2) is 0 Å². The minimum Gasteiger partial charge on any atom is -0.394 e. The van der Waals surface area contributed by atoms with E-state index in [0.717, 1.165) is 0 Å². The molecule has 14 heavy (non-hydrogen) atoms. The summed E-state index contributed by atoms with van der Waals surface area (Å²) >= 11 is 0. The molecule has 0 aliphatic carbocycles. The lowest BCUT2D eigenvalue weighted by molar-refractivity contribution is -0.254. The van der Waals surface area contributed by atoms with Crippen LogP contribution in [0.25, 0.3) is 0 Å². The number of aliphatic hydroxyl groups excluding tert-OH is 3. The van der Waals surface area contributed by atoms with E-state index in [1.54, 1.807) is 6.92 Å². The van der Waals surface area contributed by atoms with Gasteiger partial charge in [-0.15, -0.1) is 0 Å². The molecule has 0 bridgehead atoms. The highest BCUT2D eigenvalue weighted by Crippen LogP contribution is 2.29. The van der Waals surface area contributed by atoms with E-state index in [-0.39, 0.29) is 6.61 Å². The van der Waals surface area contributed by atoms with Crippen molar-refractivity contribution in [3.05, 3.63) is 0 Å². The second kappa shape index (κ2) is 4.52. The molecule has 1 fully saturated rings. The fraction of sp³-hybridized carbons (Fsp3) is 1.00. The van der Waals surface area contributed by atoms with Crippen molar-refractivity contribution in [2.45, 2.75) is 31.0 Å². The zero-order chi connectivity index (χ0) is 10.8. The van der Waals surface area contributed by atoms with Crippen molar-refractivity contribution >= 4 is 0 Å². The van der Waals surface area contributed by atoms with Gasteiger partial charge in [0, 0.05) is 6.61 Å². The van der Waals surface area contributed by atoms with Gasteiger partial charge in [-0.3, -0.25) is 0 Å². The zero-order valence-electron chi connectivity index (χ0n) is 7.96. The third-order valence-corrected chi connectivity index (χ3v) is 2.21. The summed E-state index contributed by atoms with van der Waals surface area (Å²) in [4.78, 5) is 0. The van der Waals surface area contributed by atoms with Gasteiger partial charge in [-0.2, -0.15) is 0 Å². The van der Waals surface area contributed by atoms with Crippen molar-refractivity contribution in [2.75, 3.05) is 19.8 Å². The lowest BCUT2D eigenvalue weighted by atomic mass is 10.1. The van der Waals surface area contributed by atoms with E-state index in [1.807, 2.05) is 0 Å². The number of aliphatic hydroxyl groups is 4. The van der Waals surface area contributed by atoms with Crippen LogP contribution in [-0.4, -0.2) is 64.3 Å². The summed E-state index contributed by atoms with van der Waals surface area (Å²) in [5.74, 6) is -1.93. The van der Waals surface area contributed by atoms with Crippen LogP contribution in [-0.2, 0) is 9.47 Å². The lowest BCUT2D eigenvalue weighted by Gasteiger charge is -2.25. The highest BCUT2D eigenvalue weighted by Gasteiger charge is 2.53. The van der Waals surface area contributed by atoms with E-state index >= 15 is 0 Å². The summed E-state index contributed by atoms with van der Waals surface area (Å²) in [6.07, 6.45) is -3.74. The number of rotatable bonds is 4. The molecule has 0 aromatic rings. The molecule has 0 amide bonds. The minimum absolute atomic E-state index is 0.238. The van der Waals surface area contributed by atoms with Gasteiger partial charge in [-0.1, -0.05) is 0 Å². The molecule has 84 valence electrons. The summed E-state index contributed by atoms with van der Waals surface area (Å²) in [5.41, 5.74) is 0. The van der Waals surface area contributed by atoms with Crippen molar-refractivity contribution in [2.24, 2.45) is 0 Å². The van der Waals surface area contributed by atoms with Gasteiger partial charge < -0.3 is 29.9 Å². The molecule has 0 aromatic carbocycles. The highest BCUT2D eigenvalue weighted by atomic mass is 16.7. The maximum absolute atomic E-state index is 9.69. The second-order valence-electron chi connectivity index (χ2n) is 3.26. The molecule has 6 heteroatoms. The van der Waals surface area contributed by atoms with Crippen LogP contribution in [0.3, 0.4) is 0 Å². The van der Waals surface area contributed by atoms with Gasteiger partial charge in [-0.05, 0) is 6.92 Å². The molecule has 4 N–H and O–H groups in total. The first kappa shape index (κ1) is 11.8. The van der Waals surface area contributed by atoms with Gasteiger partial charge >= 0.3 is 0 Å². The number of hydrogen-bond acceptors (Lipinski definition) is 6. The first-order chi connectivity index (χ1) is 6.55. The molecule has 6 nitrogen and oxygen atoms in total. The molecule has 0 spiro atoms. The molecular formula is C8H16O6. The van der Waals surface area contributed by atoms with Crippen molar-refractivity contribution in [3.8, 4) is 0 Å². The maximum atomic E-state index is 9.69. The van der Waals surface area contributed by atoms with Gasteiger partial charge in [0.05, 0.1) is 6.61 Å². The summed E-state index contributed by atoms with van der Waals surface area (Å²) in [6.45, 7) is 1.38. The summed E-state index contributed by atoms with van der Waals surface area (Å²) in [5, 5.41) is 37.2. The van der Waals surface area contributed by atoms with Crippen LogP contribution >= 0.6 is 0 Å². The molecule has 1 saturated heterocycles. The Bertz CT molecular complexity index is 187. The first-order valence-electron chi connectivity index (χ1n) is 4.50. The molecular weight excluding hydrogens is 192 g/mol. The van der Waals surface area contributed by atoms with Crippen molar-refractivity contribution in [1.29, 1.82) is 0 Å². The quantitative estimate of drug-likeness (QED) is 0.419. The SMILES string of the molecule is CCOC[C@]1(O)O[C@H](CO)[C@@H](O)[C@@H]1O. The predicted molar refractivity (Wildman–Crippen MR) is 45.4 cm³/mol. The molecule has 0 unspecified atom stereocenters. The fourth-order valence-electron chi connectivity index (χ4n) is 1.38. The van der Waals surface area contributed by atoms with Crippen LogP contribution < -0.4 is 0 Å². The first-order valence-corrected chi connectivity index (χ1v) is 4.50. The molecule has 1 aliphatic rings. The number of ether oxygens (including phenoxy) is 2. The van der Waals surface area contributed by atoms with Crippen LogP contribution in [0, 0.1) is 0 Å². The highest BCUT2D eigenvalue weighted by molar-refractivity contribution is 4.95.